The minimum Gasteiger partial charge on any atom is -0.373 e. The van der Waals surface area contributed by atoms with Crippen LogP contribution in [0.25, 0.3) is 0 Å². The second-order valence-electron chi connectivity index (χ2n) is 1.46. The van der Waals surface area contributed by atoms with Crippen LogP contribution in [0.5, 0.6) is 0 Å². The molecule has 0 saturated heterocycles. The number of nitrogens with zero attached hydrogens (tertiary/aromatic N) is 1. The van der Waals surface area contributed by atoms with Crippen LogP contribution in [0.2, 0.25) is 0 Å². The molecule has 0 fully saturated rings. The molecule has 1 rings (SSSR count). The quantitative estimate of drug-likeness (QED) is 0.594. The second-order valence-corrected chi connectivity index (χ2v) is 1.46. The Kier molecular flexibility index (Phi) is 3.39. The summed E-state index contributed by atoms with van der Waals surface area (Å²) in [5.74, 6) is 0.910. The van der Waals surface area contributed by atoms with Gasteiger partial charge in [-0.2, -0.15) is 0 Å². The van der Waals surface area contributed by atoms with Crippen molar-refractivity contribution >= 4 is 5.82 Å². The third kappa shape index (κ3) is 2.10. The highest BCUT2D eigenvalue weighted by Crippen LogP contribution is 1.95. The zero-order chi connectivity index (χ0) is 5.82. The molecule has 0 aliphatic rings. The highest BCUT2D eigenvalue weighted by Gasteiger charge is 1.79. The first-order chi connectivity index (χ1) is 3.93. The fraction of sp³-hybridized carbons (Fsp3) is 0.167. The SMILES string of the molecule is CNc1ccccn1.N. The van der Waals surface area contributed by atoms with E-state index in [2.05, 4.69) is 10.3 Å². The standard InChI is InChI=1S/C6H8N2.H3N/c1-7-6-4-2-3-5-8-6;/h2-5H,1H3,(H,7,8);1H3. The van der Waals surface area contributed by atoms with Crippen molar-refractivity contribution in [1.82, 2.24) is 11.1 Å². The molecule has 0 aliphatic heterocycles. The van der Waals surface area contributed by atoms with Crippen molar-refractivity contribution in [2.75, 3.05) is 12.4 Å². The van der Waals surface area contributed by atoms with Crippen molar-refractivity contribution in [3.8, 4) is 0 Å². The van der Waals surface area contributed by atoms with Crippen LogP contribution in [-0.4, -0.2) is 12.0 Å². The minimum atomic E-state index is 0. The third-order valence-electron chi connectivity index (χ3n) is 0.921. The lowest BCUT2D eigenvalue weighted by Gasteiger charge is -1.92. The van der Waals surface area contributed by atoms with E-state index in [1.165, 1.54) is 0 Å². The van der Waals surface area contributed by atoms with E-state index in [4.69, 9.17) is 0 Å². The lowest BCUT2D eigenvalue weighted by Crippen LogP contribution is -1.88. The van der Waals surface area contributed by atoms with Gasteiger partial charge in [0.1, 0.15) is 5.82 Å². The van der Waals surface area contributed by atoms with Gasteiger partial charge in [0.25, 0.3) is 0 Å². The highest BCUT2D eigenvalue weighted by atomic mass is 14.9. The summed E-state index contributed by atoms with van der Waals surface area (Å²) in [6.45, 7) is 0. The Morgan fingerprint density at radius 3 is 2.56 bits per heavy atom. The first-order valence-corrected chi connectivity index (χ1v) is 2.52. The maximum Gasteiger partial charge on any atom is 0.125 e. The number of rotatable bonds is 1. The predicted octanol–water partition coefficient (Wildman–Crippen LogP) is 1.29. The maximum absolute atomic E-state index is 3.99. The van der Waals surface area contributed by atoms with Crippen molar-refractivity contribution in [3.63, 3.8) is 0 Å². The van der Waals surface area contributed by atoms with E-state index in [0.717, 1.165) is 5.82 Å². The number of nitrogens with one attached hydrogen (secondary N) is 1. The Balaban J connectivity index is 0.000000640. The first-order valence-electron chi connectivity index (χ1n) is 2.52. The van der Waals surface area contributed by atoms with Crippen molar-refractivity contribution in [1.29, 1.82) is 0 Å². The number of pyridine rings is 1. The summed E-state index contributed by atoms with van der Waals surface area (Å²) in [4.78, 5) is 3.99. The molecule has 9 heavy (non-hydrogen) atoms. The summed E-state index contributed by atoms with van der Waals surface area (Å²) in [6, 6.07) is 5.75. The molecule has 1 aromatic heterocycles. The fourth-order valence-corrected chi connectivity index (χ4v) is 0.511. The number of anilines is 1. The van der Waals surface area contributed by atoms with Crippen molar-refractivity contribution in [3.05, 3.63) is 24.4 Å². The largest absolute Gasteiger partial charge is 0.373 e. The zero-order valence-electron chi connectivity index (χ0n) is 5.46. The molecule has 0 saturated carbocycles. The molecule has 0 unspecified atom stereocenters. The van der Waals surface area contributed by atoms with Crippen LogP contribution >= 0.6 is 0 Å². The first kappa shape index (κ1) is 7.91. The van der Waals surface area contributed by atoms with Crippen LogP contribution in [0.4, 0.5) is 5.82 Å². The summed E-state index contributed by atoms with van der Waals surface area (Å²) in [5.41, 5.74) is 0. The molecule has 1 aromatic rings. The average molecular weight is 125 g/mol. The topological polar surface area (TPSA) is 59.9 Å². The lowest BCUT2D eigenvalue weighted by molar-refractivity contribution is 1.29. The summed E-state index contributed by atoms with van der Waals surface area (Å²) in [6.07, 6.45) is 1.76. The van der Waals surface area contributed by atoms with Gasteiger partial charge in [-0.1, -0.05) is 6.07 Å². The molecule has 0 aromatic carbocycles. The van der Waals surface area contributed by atoms with Crippen LogP contribution < -0.4 is 11.5 Å². The molecule has 3 heteroatoms. The van der Waals surface area contributed by atoms with Gasteiger partial charge in [-0.15, -0.1) is 0 Å². The fourth-order valence-electron chi connectivity index (χ4n) is 0.511. The van der Waals surface area contributed by atoms with E-state index in [0.29, 0.717) is 0 Å². The Labute approximate surface area is 54.7 Å². The second kappa shape index (κ2) is 3.86. The molecule has 0 spiro atoms. The number of aromatic nitrogens is 1. The van der Waals surface area contributed by atoms with Crippen molar-refractivity contribution < 1.29 is 0 Å². The third-order valence-corrected chi connectivity index (χ3v) is 0.921. The Morgan fingerprint density at radius 2 is 2.22 bits per heavy atom. The normalized spacial score (nSPS) is 7.67. The van der Waals surface area contributed by atoms with Gasteiger partial charge in [0, 0.05) is 13.2 Å². The molecule has 4 N–H and O–H groups in total. The Morgan fingerprint density at radius 1 is 1.44 bits per heavy atom. The Hall–Kier alpha value is -1.09. The van der Waals surface area contributed by atoms with Crippen LogP contribution in [0.15, 0.2) is 24.4 Å². The van der Waals surface area contributed by atoms with Gasteiger partial charge in [-0.25, -0.2) is 4.98 Å². The molecular weight excluding hydrogens is 114 g/mol. The molecule has 50 valence electrons. The monoisotopic (exact) mass is 125 g/mol. The van der Waals surface area contributed by atoms with Gasteiger partial charge in [0.2, 0.25) is 0 Å². The van der Waals surface area contributed by atoms with E-state index >= 15 is 0 Å². The molecule has 0 radical (unpaired) electrons. The van der Waals surface area contributed by atoms with Gasteiger partial charge in [0.05, 0.1) is 0 Å². The summed E-state index contributed by atoms with van der Waals surface area (Å²) >= 11 is 0. The summed E-state index contributed by atoms with van der Waals surface area (Å²) in [5, 5.41) is 2.92. The molecule has 0 amide bonds. The van der Waals surface area contributed by atoms with Gasteiger partial charge in [0.15, 0.2) is 0 Å². The van der Waals surface area contributed by atoms with Crippen LogP contribution in [0.1, 0.15) is 0 Å². The van der Waals surface area contributed by atoms with Crippen molar-refractivity contribution in [2.45, 2.75) is 0 Å². The lowest BCUT2D eigenvalue weighted by atomic mass is 10.5. The van der Waals surface area contributed by atoms with Gasteiger partial charge in [-0.3, -0.25) is 0 Å². The van der Waals surface area contributed by atoms with Gasteiger partial charge >= 0.3 is 0 Å². The summed E-state index contributed by atoms with van der Waals surface area (Å²) in [7, 11) is 1.85. The van der Waals surface area contributed by atoms with Crippen LogP contribution in [0, 0.1) is 0 Å². The maximum atomic E-state index is 3.99. The van der Waals surface area contributed by atoms with E-state index in [1.807, 2.05) is 25.2 Å². The molecule has 0 bridgehead atoms. The van der Waals surface area contributed by atoms with Crippen LogP contribution in [0.3, 0.4) is 0 Å². The van der Waals surface area contributed by atoms with E-state index in [-0.39, 0.29) is 6.15 Å². The zero-order valence-corrected chi connectivity index (χ0v) is 5.46. The molecule has 0 aliphatic carbocycles. The average Bonchev–Trinajstić information content (AvgIpc) is 1.90. The number of hydrogen-bond acceptors (Lipinski definition) is 3. The molecule has 1 heterocycles. The molecule has 3 nitrogen and oxygen atoms in total. The smallest absolute Gasteiger partial charge is 0.125 e. The van der Waals surface area contributed by atoms with E-state index in [1.54, 1.807) is 6.20 Å². The molecular formula is C6H11N3. The molecule has 0 atom stereocenters. The van der Waals surface area contributed by atoms with Crippen LogP contribution in [-0.2, 0) is 0 Å². The van der Waals surface area contributed by atoms with Gasteiger partial charge in [-0.05, 0) is 12.1 Å². The number of hydrogen-bond donors (Lipinski definition) is 2. The predicted molar refractivity (Wildman–Crippen MR) is 38.8 cm³/mol. The van der Waals surface area contributed by atoms with E-state index < -0.39 is 0 Å². The Bertz CT molecular complexity index is 150. The van der Waals surface area contributed by atoms with Gasteiger partial charge < -0.3 is 11.5 Å². The minimum absolute atomic E-state index is 0. The van der Waals surface area contributed by atoms with E-state index in [9.17, 15) is 0 Å². The highest BCUT2D eigenvalue weighted by molar-refractivity contribution is 5.31. The van der Waals surface area contributed by atoms with Crippen molar-refractivity contribution in [2.24, 2.45) is 0 Å². The summed E-state index contributed by atoms with van der Waals surface area (Å²) < 4.78 is 0.